The van der Waals surface area contributed by atoms with Gasteiger partial charge in [-0.3, -0.25) is 0 Å². The fourth-order valence-corrected chi connectivity index (χ4v) is 2.51. The van der Waals surface area contributed by atoms with E-state index in [2.05, 4.69) is 10.1 Å². The van der Waals surface area contributed by atoms with Crippen molar-refractivity contribution in [3.05, 3.63) is 76.5 Å². The molecule has 142 valence electrons. The van der Waals surface area contributed by atoms with Gasteiger partial charge < -0.3 is 13.7 Å². The van der Waals surface area contributed by atoms with Crippen molar-refractivity contribution >= 4 is 11.0 Å². The number of halogens is 3. The van der Waals surface area contributed by atoms with E-state index in [0.29, 0.717) is 16.9 Å². The van der Waals surface area contributed by atoms with Crippen molar-refractivity contribution in [2.75, 3.05) is 0 Å². The van der Waals surface area contributed by atoms with Crippen LogP contribution >= 0.6 is 0 Å². The van der Waals surface area contributed by atoms with Crippen molar-refractivity contribution < 1.29 is 26.8 Å². The van der Waals surface area contributed by atoms with E-state index in [1.165, 1.54) is 18.2 Å². The molecule has 2 aromatic carbocycles. The van der Waals surface area contributed by atoms with Crippen LogP contribution in [0, 0.1) is 0 Å². The van der Waals surface area contributed by atoms with E-state index in [-0.39, 0.29) is 18.3 Å². The molecule has 0 unspecified atom stereocenters. The monoisotopic (exact) mass is 388 g/mol. The molecule has 0 fully saturated rings. The smallest absolute Gasteiger partial charge is 0.416 e. The zero-order chi connectivity index (χ0) is 19.7. The lowest BCUT2D eigenvalue weighted by molar-refractivity contribution is -0.137. The van der Waals surface area contributed by atoms with E-state index in [1.54, 1.807) is 24.3 Å². The summed E-state index contributed by atoms with van der Waals surface area (Å²) >= 11 is 0. The molecule has 0 N–H and O–H groups in total. The van der Waals surface area contributed by atoms with Crippen molar-refractivity contribution in [1.29, 1.82) is 0 Å². The van der Waals surface area contributed by atoms with Crippen molar-refractivity contribution in [3.63, 3.8) is 0 Å². The Morgan fingerprint density at radius 2 is 1.75 bits per heavy atom. The molecule has 28 heavy (non-hydrogen) atoms. The summed E-state index contributed by atoms with van der Waals surface area (Å²) in [6.07, 6.45) is -4.41. The molecule has 0 aliphatic heterocycles. The van der Waals surface area contributed by atoms with Gasteiger partial charge in [0.1, 0.15) is 11.3 Å². The van der Waals surface area contributed by atoms with Gasteiger partial charge in [-0.15, -0.1) is 0 Å². The number of hydrogen-bond acceptors (Lipinski definition) is 6. The molecule has 9 heteroatoms. The quantitative estimate of drug-likeness (QED) is 0.481. The van der Waals surface area contributed by atoms with Crippen LogP contribution in [0.1, 0.15) is 11.5 Å². The fraction of sp³-hybridized carbons (Fsp3) is 0.105. The summed E-state index contributed by atoms with van der Waals surface area (Å²) in [5.74, 6) is 0.720. The Kier molecular flexibility index (Phi) is 4.34. The van der Waals surface area contributed by atoms with Crippen LogP contribution in [0.2, 0.25) is 0 Å². The first kappa shape index (κ1) is 17.8. The maximum Gasteiger partial charge on any atom is 0.416 e. The Morgan fingerprint density at radius 1 is 1.00 bits per heavy atom. The van der Waals surface area contributed by atoms with Crippen molar-refractivity contribution in [1.82, 2.24) is 10.1 Å². The SMILES string of the molecule is O=c1ccc2ccc(OCc3nc(-c4ccc(C(F)(F)F)cc4)no3)cc2o1. The minimum Gasteiger partial charge on any atom is -0.484 e. The summed E-state index contributed by atoms with van der Waals surface area (Å²) in [4.78, 5) is 15.4. The molecule has 6 nitrogen and oxygen atoms in total. The largest absolute Gasteiger partial charge is 0.484 e. The van der Waals surface area contributed by atoms with Crippen LogP contribution in [0.25, 0.3) is 22.4 Å². The van der Waals surface area contributed by atoms with E-state index in [9.17, 15) is 18.0 Å². The maximum absolute atomic E-state index is 12.6. The highest BCUT2D eigenvalue weighted by Crippen LogP contribution is 2.30. The Labute approximate surface area is 155 Å². The van der Waals surface area contributed by atoms with E-state index in [1.807, 2.05) is 0 Å². The molecule has 0 saturated heterocycles. The van der Waals surface area contributed by atoms with Crippen LogP contribution in [-0.2, 0) is 12.8 Å². The standard InChI is InChI=1S/C19H11F3N2O4/c20-19(21,22)13-5-1-12(2-6-13)18-23-16(28-24-18)10-26-14-7-3-11-4-8-17(25)27-15(11)9-14/h1-9H,10H2. The van der Waals surface area contributed by atoms with Gasteiger partial charge in [0.25, 0.3) is 5.89 Å². The number of ether oxygens (including phenoxy) is 1. The van der Waals surface area contributed by atoms with Crippen LogP contribution in [0.15, 0.2) is 68.3 Å². The molecule has 0 spiro atoms. The van der Waals surface area contributed by atoms with Gasteiger partial charge in [-0.1, -0.05) is 17.3 Å². The molecule has 0 atom stereocenters. The number of hydrogen-bond donors (Lipinski definition) is 0. The average Bonchev–Trinajstić information content (AvgIpc) is 3.14. The number of rotatable bonds is 4. The van der Waals surface area contributed by atoms with Crippen LogP contribution in [0.3, 0.4) is 0 Å². The van der Waals surface area contributed by atoms with Crippen molar-refractivity contribution in [2.24, 2.45) is 0 Å². The van der Waals surface area contributed by atoms with E-state index < -0.39 is 17.4 Å². The minimum absolute atomic E-state index is 0.0593. The first-order valence-electron chi connectivity index (χ1n) is 8.05. The summed E-state index contributed by atoms with van der Waals surface area (Å²) < 4.78 is 53.5. The van der Waals surface area contributed by atoms with Gasteiger partial charge in [-0.05, 0) is 30.3 Å². The second kappa shape index (κ2) is 6.84. The topological polar surface area (TPSA) is 78.4 Å². The third-order valence-electron chi connectivity index (χ3n) is 3.90. The van der Waals surface area contributed by atoms with E-state index in [0.717, 1.165) is 17.5 Å². The van der Waals surface area contributed by atoms with Gasteiger partial charge in [0.2, 0.25) is 5.82 Å². The molecule has 0 bridgehead atoms. The van der Waals surface area contributed by atoms with Gasteiger partial charge in [-0.2, -0.15) is 18.2 Å². The Bertz CT molecular complexity index is 1180. The zero-order valence-electron chi connectivity index (χ0n) is 14.1. The van der Waals surface area contributed by atoms with Gasteiger partial charge in [0.15, 0.2) is 6.61 Å². The first-order chi connectivity index (χ1) is 13.4. The Balaban J connectivity index is 1.47. The third kappa shape index (κ3) is 3.73. The fourth-order valence-electron chi connectivity index (χ4n) is 2.51. The predicted molar refractivity (Wildman–Crippen MR) is 91.6 cm³/mol. The van der Waals surface area contributed by atoms with Crippen molar-refractivity contribution in [2.45, 2.75) is 12.8 Å². The lowest BCUT2D eigenvalue weighted by atomic mass is 10.1. The minimum atomic E-state index is -4.41. The van der Waals surface area contributed by atoms with Crippen LogP contribution in [0.4, 0.5) is 13.2 Å². The summed E-state index contributed by atoms with van der Waals surface area (Å²) in [5, 5.41) is 4.49. The number of aromatic nitrogens is 2. The average molecular weight is 388 g/mol. The molecular formula is C19H11F3N2O4. The van der Waals surface area contributed by atoms with Gasteiger partial charge in [-0.25, -0.2) is 4.79 Å². The molecule has 4 rings (SSSR count). The summed E-state index contributed by atoms with van der Waals surface area (Å²) in [6.45, 7) is -0.0593. The van der Waals surface area contributed by atoms with Crippen LogP contribution < -0.4 is 10.4 Å². The van der Waals surface area contributed by atoms with E-state index in [4.69, 9.17) is 13.7 Å². The van der Waals surface area contributed by atoms with Gasteiger partial charge in [0.05, 0.1) is 5.56 Å². The molecule has 4 aromatic rings. The molecule has 0 radical (unpaired) electrons. The molecule has 0 aliphatic rings. The molecule has 2 aromatic heterocycles. The van der Waals surface area contributed by atoms with Crippen LogP contribution in [0.5, 0.6) is 5.75 Å². The first-order valence-corrected chi connectivity index (χ1v) is 8.05. The summed E-state index contributed by atoms with van der Waals surface area (Å²) in [6, 6.07) is 12.4. The number of nitrogens with zero attached hydrogens (tertiary/aromatic N) is 2. The number of fused-ring (bicyclic) bond motifs is 1. The lowest BCUT2D eigenvalue weighted by Crippen LogP contribution is -2.04. The highest BCUT2D eigenvalue weighted by molar-refractivity contribution is 5.77. The summed E-state index contributed by atoms with van der Waals surface area (Å²) in [5.41, 5.74) is -0.467. The van der Waals surface area contributed by atoms with Crippen molar-refractivity contribution in [3.8, 4) is 17.1 Å². The van der Waals surface area contributed by atoms with Gasteiger partial charge >= 0.3 is 11.8 Å². The Hall–Kier alpha value is -3.62. The molecule has 0 amide bonds. The second-order valence-corrected chi connectivity index (χ2v) is 5.83. The van der Waals surface area contributed by atoms with E-state index >= 15 is 0 Å². The third-order valence-corrected chi connectivity index (χ3v) is 3.90. The lowest BCUT2D eigenvalue weighted by Gasteiger charge is -2.05. The second-order valence-electron chi connectivity index (χ2n) is 5.83. The number of alkyl halides is 3. The highest BCUT2D eigenvalue weighted by Gasteiger charge is 2.30. The zero-order valence-corrected chi connectivity index (χ0v) is 14.1. The molecule has 0 aliphatic carbocycles. The normalized spacial score (nSPS) is 11.7. The molecular weight excluding hydrogens is 377 g/mol. The van der Waals surface area contributed by atoms with Gasteiger partial charge in [0, 0.05) is 23.1 Å². The molecule has 2 heterocycles. The maximum atomic E-state index is 12.6. The summed E-state index contributed by atoms with van der Waals surface area (Å²) in [7, 11) is 0. The number of benzene rings is 2. The predicted octanol–water partition coefficient (Wildman–Crippen LogP) is 4.44. The molecule has 0 saturated carbocycles. The Morgan fingerprint density at radius 3 is 2.50 bits per heavy atom. The highest BCUT2D eigenvalue weighted by atomic mass is 19.4. The van der Waals surface area contributed by atoms with Crippen LogP contribution in [-0.4, -0.2) is 10.1 Å².